The van der Waals surface area contributed by atoms with Crippen LogP contribution in [0.3, 0.4) is 0 Å². The SMILES string of the molecule is CC(C)(C)OC(=O)N1Cc2ccc(C(=O)N3CCN(S(=O)(=O)c4cc5cc(Cl)ccc5[nH]4)CC3)cc2C1. The number of rotatable bonds is 3. The van der Waals surface area contributed by atoms with E-state index in [-0.39, 0.29) is 43.2 Å². The second-order valence-electron chi connectivity index (χ2n) is 10.4. The zero-order valence-corrected chi connectivity index (χ0v) is 22.5. The number of nitrogens with zero attached hydrogens (tertiary/aromatic N) is 3. The molecule has 3 heterocycles. The Morgan fingerprint density at radius 3 is 2.32 bits per heavy atom. The minimum Gasteiger partial charge on any atom is -0.444 e. The molecule has 2 aromatic carbocycles. The third-order valence-corrected chi connectivity index (χ3v) is 8.58. The van der Waals surface area contributed by atoms with Gasteiger partial charge >= 0.3 is 6.09 Å². The molecule has 11 heteroatoms. The van der Waals surface area contributed by atoms with E-state index >= 15 is 0 Å². The number of amides is 2. The average molecular weight is 545 g/mol. The molecule has 2 aliphatic rings. The number of fused-ring (bicyclic) bond motifs is 2. The van der Waals surface area contributed by atoms with Crippen molar-refractivity contribution in [1.29, 1.82) is 0 Å². The van der Waals surface area contributed by atoms with Gasteiger partial charge in [-0.1, -0.05) is 17.7 Å². The Morgan fingerprint density at radius 2 is 1.62 bits per heavy atom. The van der Waals surface area contributed by atoms with Gasteiger partial charge in [-0.2, -0.15) is 4.31 Å². The zero-order chi connectivity index (χ0) is 26.5. The van der Waals surface area contributed by atoms with E-state index in [1.807, 2.05) is 32.9 Å². The zero-order valence-electron chi connectivity index (χ0n) is 21.0. The van der Waals surface area contributed by atoms with Crippen molar-refractivity contribution < 1.29 is 22.7 Å². The van der Waals surface area contributed by atoms with Gasteiger partial charge in [-0.25, -0.2) is 13.2 Å². The molecule has 0 unspecified atom stereocenters. The van der Waals surface area contributed by atoms with Crippen LogP contribution < -0.4 is 0 Å². The highest BCUT2D eigenvalue weighted by atomic mass is 35.5. The van der Waals surface area contributed by atoms with Gasteiger partial charge in [-0.05, 0) is 68.3 Å². The van der Waals surface area contributed by atoms with Crippen LogP contribution in [0.1, 0.15) is 42.3 Å². The summed E-state index contributed by atoms with van der Waals surface area (Å²) in [4.78, 5) is 31.9. The van der Waals surface area contributed by atoms with Gasteiger partial charge in [0, 0.05) is 60.8 Å². The molecule has 1 aromatic heterocycles. The van der Waals surface area contributed by atoms with E-state index in [2.05, 4.69) is 4.98 Å². The summed E-state index contributed by atoms with van der Waals surface area (Å²) in [5, 5.41) is 1.37. The molecule has 0 bridgehead atoms. The summed E-state index contributed by atoms with van der Waals surface area (Å²) in [7, 11) is -3.74. The second kappa shape index (κ2) is 9.34. The standard InChI is InChI=1S/C26H29ClN4O5S/c1-26(2,3)36-25(33)30-15-18-5-4-17(12-20(18)16-30)24(32)29-8-10-31(11-9-29)37(34,35)23-14-19-13-21(27)6-7-22(19)28-23/h4-7,12-14,28H,8-11,15-16H2,1-3H3. The minimum atomic E-state index is -3.74. The molecule has 0 aliphatic carbocycles. The lowest BCUT2D eigenvalue weighted by atomic mass is 10.1. The first-order chi connectivity index (χ1) is 17.4. The maximum absolute atomic E-state index is 13.2. The van der Waals surface area contributed by atoms with Gasteiger partial charge in [0.2, 0.25) is 0 Å². The Labute approximate surface area is 221 Å². The number of carbonyl (C=O) groups is 2. The van der Waals surface area contributed by atoms with Crippen molar-refractivity contribution in [3.05, 3.63) is 64.2 Å². The highest BCUT2D eigenvalue weighted by Crippen LogP contribution is 2.28. The Kier molecular flexibility index (Phi) is 6.45. The monoisotopic (exact) mass is 544 g/mol. The van der Waals surface area contributed by atoms with Crippen LogP contribution in [0.4, 0.5) is 4.79 Å². The molecule has 1 fully saturated rings. The van der Waals surface area contributed by atoms with Crippen LogP contribution in [0.2, 0.25) is 5.02 Å². The number of halogens is 1. The maximum atomic E-state index is 13.2. The van der Waals surface area contributed by atoms with Crippen molar-refractivity contribution in [2.24, 2.45) is 0 Å². The van der Waals surface area contributed by atoms with Gasteiger partial charge in [-0.3, -0.25) is 9.69 Å². The van der Waals surface area contributed by atoms with Crippen LogP contribution in [-0.4, -0.2) is 71.3 Å². The number of hydrogen-bond acceptors (Lipinski definition) is 5. The number of ether oxygens (including phenoxy) is 1. The van der Waals surface area contributed by atoms with Gasteiger partial charge in [0.15, 0.2) is 0 Å². The first kappa shape index (κ1) is 25.6. The number of benzene rings is 2. The molecular weight excluding hydrogens is 516 g/mol. The van der Waals surface area contributed by atoms with Crippen LogP contribution in [0.5, 0.6) is 0 Å². The second-order valence-corrected chi connectivity index (χ2v) is 12.7. The molecular formula is C26H29ClN4O5S. The fourth-order valence-corrected chi connectivity index (χ4v) is 6.27. The number of piperazine rings is 1. The number of carbonyl (C=O) groups excluding carboxylic acids is 2. The summed E-state index contributed by atoms with van der Waals surface area (Å²) in [6, 6.07) is 12.2. The summed E-state index contributed by atoms with van der Waals surface area (Å²) >= 11 is 6.03. The van der Waals surface area contributed by atoms with E-state index in [9.17, 15) is 18.0 Å². The van der Waals surface area contributed by atoms with Crippen LogP contribution in [-0.2, 0) is 27.8 Å². The minimum absolute atomic E-state index is 0.109. The van der Waals surface area contributed by atoms with E-state index in [0.717, 1.165) is 16.5 Å². The van der Waals surface area contributed by atoms with Gasteiger partial charge < -0.3 is 14.6 Å². The van der Waals surface area contributed by atoms with E-state index < -0.39 is 15.6 Å². The van der Waals surface area contributed by atoms with E-state index in [1.54, 1.807) is 40.1 Å². The predicted octanol–water partition coefficient (Wildman–Crippen LogP) is 4.22. The Hall–Kier alpha value is -3.08. The molecule has 9 nitrogen and oxygen atoms in total. The fraction of sp³-hybridized carbons (Fsp3) is 0.385. The number of nitrogens with one attached hydrogen (secondary N) is 1. The van der Waals surface area contributed by atoms with Gasteiger partial charge in [0.05, 0.1) is 0 Å². The van der Waals surface area contributed by atoms with Gasteiger partial charge in [0.1, 0.15) is 10.6 Å². The van der Waals surface area contributed by atoms with Crippen molar-refractivity contribution >= 4 is 44.5 Å². The molecule has 3 aromatic rings. The number of sulfonamides is 1. The van der Waals surface area contributed by atoms with Gasteiger partial charge in [-0.15, -0.1) is 0 Å². The van der Waals surface area contributed by atoms with E-state index in [1.165, 1.54) is 4.31 Å². The number of aromatic nitrogens is 1. The van der Waals surface area contributed by atoms with Crippen molar-refractivity contribution in [1.82, 2.24) is 19.1 Å². The number of hydrogen-bond donors (Lipinski definition) is 1. The summed E-state index contributed by atoms with van der Waals surface area (Å²) in [5.41, 5.74) is 2.53. The quantitative estimate of drug-likeness (QED) is 0.532. The molecule has 0 saturated carbocycles. The van der Waals surface area contributed by atoms with Crippen molar-refractivity contribution in [2.75, 3.05) is 26.2 Å². The highest BCUT2D eigenvalue weighted by Gasteiger charge is 2.33. The Bertz CT molecular complexity index is 1490. The third-order valence-electron chi connectivity index (χ3n) is 6.53. The topological polar surface area (TPSA) is 103 Å². The lowest BCUT2D eigenvalue weighted by Gasteiger charge is -2.33. The maximum Gasteiger partial charge on any atom is 0.410 e. The van der Waals surface area contributed by atoms with Gasteiger partial charge in [0.25, 0.3) is 15.9 Å². The summed E-state index contributed by atoms with van der Waals surface area (Å²) in [5.74, 6) is -0.157. The number of H-pyrrole nitrogens is 1. The lowest BCUT2D eigenvalue weighted by Crippen LogP contribution is -2.50. The molecule has 1 N–H and O–H groups in total. The van der Waals surface area contributed by atoms with Crippen molar-refractivity contribution in [3.8, 4) is 0 Å². The summed E-state index contributed by atoms with van der Waals surface area (Å²) in [6.45, 7) is 7.26. The number of aromatic amines is 1. The molecule has 0 atom stereocenters. The Morgan fingerprint density at radius 1 is 0.919 bits per heavy atom. The van der Waals surface area contributed by atoms with E-state index in [4.69, 9.17) is 16.3 Å². The van der Waals surface area contributed by atoms with Crippen LogP contribution in [0.25, 0.3) is 10.9 Å². The molecule has 196 valence electrons. The molecule has 2 aliphatic heterocycles. The van der Waals surface area contributed by atoms with E-state index in [0.29, 0.717) is 29.2 Å². The predicted molar refractivity (Wildman–Crippen MR) is 140 cm³/mol. The average Bonchev–Trinajstić information content (AvgIpc) is 3.46. The fourth-order valence-electron chi connectivity index (χ4n) is 4.65. The highest BCUT2D eigenvalue weighted by molar-refractivity contribution is 7.89. The first-order valence-electron chi connectivity index (χ1n) is 12.1. The van der Waals surface area contributed by atoms with Crippen molar-refractivity contribution in [3.63, 3.8) is 0 Å². The Balaban J connectivity index is 1.23. The summed E-state index contributed by atoms with van der Waals surface area (Å²) < 4.78 is 33.3. The molecule has 2 amide bonds. The van der Waals surface area contributed by atoms with Crippen LogP contribution >= 0.6 is 11.6 Å². The smallest absolute Gasteiger partial charge is 0.410 e. The molecule has 5 rings (SSSR count). The third kappa shape index (κ3) is 5.18. The van der Waals surface area contributed by atoms with Crippen LogP contribution in [0.15, 0.2) is 47.5 Å². The van der Waals surface area contributed by atoms with Crippen LogP contribution in [0, 0.1) is 0 Å². The lowest BCUT2D eigenvalue weighted by molar-refractivity contribution is 0.0241. The molecule has 0 radical (unpaired) electrons. The normalized spacial score (nSPS) is 16.8. The van der Waals surface area contributed by atoms with Crippen molar-refractivity contribution in [2.45, 2.75) is 44.5 Å². The molecule has 37 heavy (non-hydrogen) atoms. The molecule has 1 saturated heterocycles. The molecule has 0 spiro atoms. The first-order valence-corrected chi connectivity index (χ1v) is 13.9. The summed E-state index contributed by atoms with van der Waals surface area (Å²) in [6.07, 6.45) is -0.382. The largest absolute Gasteiger partial charge is 0.444 e.